The third kappa shape index (κ3) is 3.84. The maximum atomic E-state index is 12.9. The molecule has 5 heteroatoms. The summed E-state index contributed by atoms with van der Waals surface area (Å²) < 4.78 is 43.1. The van der Waals surface area contributed by atoms with E-state index in [1.165, 1.54) is 0 Å². The Bertz CT molecular complexity index is 181. The van der Waals surface area contributed by atoms with Crippen LogP contribution in [0.3, 0.4) is 0 Å². The zero-order valence-electron chi connectivity index (χ0n) is 8.47. The van der Waals surface area contributed by atoms with Gasteiger partial charge in [0.2, 0.25) is 0 Å². The van der Waals surface area contributed by atoms with Crippen molar-refractivity contribution in [1.29, 1.82) is 0 Å². The smallest absolute Gasteiger partial charge is 0.273 e. The molecule has 1 fully saturated rings. The van der Waals surface area contributed by atoms with Crippen LogP contribution in [0.4, 0.5) is 13.2 Å². The average Bonchev–Trinajstić information content (AvgIpc) is 1.93. The van der Waals surface area contributed by atoms with Crippen LogP contribution in [0.5, 0.6) is 0 Å². The summed E-state index contributed by atoms with van der Waals surface area (Å²) >= 11 is 0. The van der Waals surface area contributed by atoms with Crippen LogP contribution in [0.15, 0.2) is 0 Å². The number of rotatable bonds is 5. The average molecular weight is 211 g/mol. The van der Waals surface area contributed by atoms with E-state index in [2.05, 4.69) is 0 Å². The van der Waals surface area contributed by atoms with E-state index in [-0.39, 0.29) is 6.10 Å². The second kappa shape index (κ2) is 4.49. The molecule has 0 spiro atoms. The normalized spacial score (nSPS) is 22.1. The van der Waals surface area contributed by atoms with Crippen LogP contribution in [0, 0.1) is 0 Å². The van der Waals surface area contributed by atoms with Gasteiger partial charge in [0.15, 0.2) is 0 Å². The maximum absolute atomic E-state index is 12.9. The zero-order chi connectivity index (χ0) is 10.8. The van der Waals surface area contributed by atoms with Crippen molar-refractivity contribution in [2.24, 2.45) is 0 Å². The van der Waals surface area contributed by atoms with E-state index >= 15 is 0 Å². The molecule has 1 rings (SSSR count). The minimum absolute atomic E-state index is 0.110. The fourth-order valence-corrected chi connectivity index (χ4v) is 1.46. The van der Waals surface area contributed by atoms with E-state index < -0.39 is 25.1 Å². The molecule has 0 aromatic carbocycles. The largest absolute Gasteiger partial charge is 0.369 e. The van der Waals surface area contributed by atoms with Crippen LogP contribution in [0.2, 0.25) is 0 Å². The lowest BCUT2D eigenvalue weighted by Gasteiger charge is -2.36. The lowest BCUT2D eigenvalue weighted by atomic mass is 10.1. The van der Waals surface area contributed by atoms with Crippen LogP contribution in [0.25, 0.3) is 0 Å². The van der Waals surface area contributed by atoms with Crippen molar-refractivity contribution in [3.05, 3.63) is 0 Å². The molecule has 1 unspecified atom stereocenters. The van der Waals surface area contributed by atoms with Crippen molar-refractivity contribution in [3.63, 3.8) is 0 Å². The lowest BCUT2D eigenvalue weighted by molar-refractivity contribution is -0.137. The Hall–Kier alpha value is -0.290. The van der Waals surface area contributed by atoms with E-state index in [9.17, 15) is 13.2 Å². The second-order valence-electron chi connectivity index (χ2n) is 4.00. The molecule has 0 aliphatic carbocycles. The standard InChI is InChI=1S/C9H16F3NO/c1-7(10)3-9(11,12)6-14-8-4-13(2)5-8/h7-8H,3-6H2,1-2H3. The fourth-order valence-electron chi connectivity index (χ4n) is 1.46. The second-order valence-corrected chi connectivity index (χ2v) is 4.00. The van der Waals surface area contributed by atoms with Crippen molar-refractivity contribution in [2.45, 2.75) is 31.5 Å². The summed E-state index contributed by atoms with van der Waals surface area (Å²) in [5.41, 5.74) is 0. The number of hydrogen-bond donors (Lipinski definition) is 0. The van der Waals surface area contributed by atoms with E-state index in [1.807, 2.05) is 11.9 Å². The Morgan fingerprint density at radius 2 is 2.07 bits per heavy atom. The first-order chi connectivity index (χ1) is 6.39. The summed E-state index contributed by atoms with van der Waals surface area (Å²) in [6, 6.07) is 0. The molecule has 1 saturated heterocycles. The van der Waals surface area contributed by atoms with Crippen molar-refractivity contribution < 1.29 is 17.9 Å². The predicted molar refractivity (Wildman–Crippen MR) is 47.4 cm³/mol. The molecule has 0 amide bonds. The highest BCUT2D eigenvalue weighted by Crippen LogP contribution is 2.23. The summed E-state index contributed by atoms with van der Waals surface area (Å²) in [4.78, 5) is 1.97. The highest BCUT2D eigenvalue weighted by molar-refractivity contribution is 4.79. The molecule has 0 radical (unpaired) electrons. The third-order valence-electron chi connectivity index (χ3n) is 2.14. The molecule has 0 saturated carbocycles. The van der Waals surface area contributed by atoms with Gasteiger partial charge in [-0.15, -0.1) is 0 Å². The van der Waals surface area contributed by atoms with Crippen LogP contribution in [-0.4, -0.2) is 49.8 Å². The third-order valence-corrected chi connectivity index (χ3v) is 2.14. The topological polar surface area (TPSA) is 12.5 Å². The summed E-state index contributed by atoms with van der Waals surface area (Å²) in [6.07, 6.45) is -2.35. The molecule has 1 atom stereocenters. The molecular weight excluding hydrogens is 195 g/mol. The van der Waals surface area contributed by atoms with Gasteiger partial charge < -0.3 is 9.64 Å². The quantitative estimate of drug-likeness (QED) is 0.686. The van der Waals surface area contributed by atoms with Gasteiger partial charge >= 0.3 is 0 Å². The zero-order valence-corrected chi connectivity index (χ0v) is 8.47. The van der Waals surface area contributed by atoms with Gasteiger partial charge in [0.1, 0.15) is 12.8 Å². The van der Waals surface area contributed by atoms with Crippen molar-refractivity contribution >= 4 is 0 Å². The number of likely N-dealkylation sites (tertiary alicyclic amines) is 1. The highest BCUT2D eigenvalue weighted by Gasteiger charge is 2.34. The van der Waals surface area contributed by atoms with Gasteiger partial charge in [-0.05, 0) is 14.0 Å². The molecule has 0 N–H and O–H groups in total. The van der Waals surface area contributed by atoms with E-state index in [0.29, 0.717) is 13.1 Å². The molecule has 84 valence electrons. The summed E-state index contributed by atoms with van der Waals surface area (Å²) in [6.45, 7) is 1.83. The SMILES string of the molecule is CC(F)CC(F)(F)COC1CN(C)C1. The first-order valence-corrected chi connectivity index (χ1v) is 4.71. The first kappa shape index (κ1) is 11.8. The van der Waals surface area contributed by atoms with E-state index in [4.69, 9.17) is 4.74 Å². The highest BCUT2D eigenvalue weighted by atomic mass is 19.3. The fraction of sp³-hybridized carbons (Fsp3) is 1.00. The number of alkyl halides is 3. The van der Waals surface area contributed by atoms with E-state index in [1.54, 1.807) is 0 Å². The number of halogens is 3. The Kier molecular flexibility index (Phi) is 3.78. The molecule has 0 bridgehead atoms. The van der Waals surface area contributed by atoms with E-state index in [0.717, 1.165) is 6.92 Å². The minimum Gasteiger partial charge on any atom is -0.369 e. The first-order valence-electron chi connectivity index (χ1n) is 4.71. The van der Waals surface area contributed by atoms with Crippen LogP contribution in [0.1, 0.15) is 13.3 Å². The maximum Gasteiger partial charge on any atom is 0.273 e. The van der Waals surface area contributed by atoms with Crippen molar-refractivity contribution in [2.75, 3.05) is 26.7 Å². The van der Waals surface area contributed by atoms with Gasteiger partial charge in [-0.25, -0.2) is 13.2 Å². The predicted octanol–water partition coefficient (Wildman–Crippen LogP) is 1.70. The van der Waals surface area contributed by atoms with Gasteiger partial charge in [0.05, 0.1) is 6.10 Å². The molecule has 2 nitrogen and oxygen atoms in total. The molecular formula is C9H16F3NO. The number of likely N-dealkylation sites (N-methyl/N-ethyl adjacent to an activating group) is 1. The summed E-state index contributed by atoms with van der Waals surface area (Å²) in [5.74, 6) is -3.04. The molecule has 0 aromatic rings. The van der Waals surface area contributed by atoms with Crippen LogP contribution in [-0.2, 0) is 4.74 Å². The van der Waals surface area contributed by atoms with Gasteiger partial charge in [-0.1, -0.05) is 0 Å². The Labute approximate surface area is 82.0 Å². The summed E-state index contributed by atoms with van der Waals surface area (Å²) in [5, 5.41) is 0. The number of ether oxygens (including phenoxy) is 1. The molecule has 1 aliphatic rings. The molecule has 14 heavy (non-hydrogen) atoms. The monoisotopic (exact) mass is 211 g/mol. The Morgan fingerprint density at radius 1 is 1.50 bits per heavy atom. The molecule has 0 aromatic heterocycles. The number of nitrogens with zero attached hydrogens (tertiary/aromatic N) is 1. The summed E-state index contributed by atoms with van der Waals surface area (Å²) in [7, 11) is 1.89. The molecule has 1 aliphatic heterocycles. The van der Waals surface area contributed by atoms with Gasteiger partial charge in [-0.3, -0.25) is 0 Å². The molecule has 1 heterocycles. The Balaban J connectivity index is 2.16. The van der Waals surface area contributed by atoms with Crippen molar-refractivity contribution in [3.8, 4) is 0 Å². The number of hydrogen-bond acceptors (Lipinski definition) is 2. The van der Waals surface area contributed by atoms with Gasteiger partial charge in [0.25, 0.3) is 5.92 Å². The van der Waals surface area contributed by atoms with Gasteiger partial charge in [-0.2, -0.15) is 0 Å². The minimum atomic E-state index is -3.04. The Morgan fingerprint density at radius 3 is 2.50 bits per heavy atom. The van der Waals surface area contributed by atoms with Gasteiger partial charge in [0, 0.05) is 19.5 Å². The lowest BCUT2D eigenvalue weighted by Crippen LogP contribution is -2.50. The van der Waals surface area contributed by atoms with Crippen LogP contribution < -0.4 is 0 Å². The van der Waals surface area contributed by atoms with Crippen molar-refractivity contribution in [1.82, 2.24) is 4.90 Å². The van der Waals surface area contributed by atoms with Crippen LogP contribution >= 0.6 is 0 Å².